The number of nitrogens with zero attached hydrogens (tertiary/aromatic N) is 2. The molecule has 1 spiro atoms. The lowest BCUT2D eigenvalue weighted by Gasteiger charge is -2.44. The monoisotopic (exact) mass is 449 g/mol. The van der Waals surface area contributed by atoms with Gasteiger partial charge in [-0.2, -0.15) is 0 Å². The van der Waals surface area contributed by atoms with Gasteiger partial charge in [0.1, 0.15) is 11.8 Å². The van der Waals surface area contributed by atoms with E-state index in [0.717, 1.165) is 11.1 Å². The van der Waals surface area contributed by atoms with Gasteiger partial charge in [-0.05, 0) is 24.6 Å². The molecule has 1 atom stereocenters. The van der Waals surface area contributed by atoms with Crippen LogP contribution in [0.15, 0.2) is 54.6 Å². The number of carbonyl (C=O) groups is 3. The number of rotatable bonds is 5. The van der Waals surface area contributed by atoms with E-state index in [0.29, 0.717) is 44.5 Å². The Morgan fingerprint density at radius 2 is 1.70 bits per heavy atom. The number of likely N-dealkylation sites (tertiary alicyclic amines) is 1. The second-order valence-electron chi connectivity index (χ2n) is 8.75. The van der Waals surface area contributed by atoms with Gasteiger partial charge in [-0.3, -0.25) is 19.3 Å². The molecule has 0 aromatic heterocycles. The molecule has 1 unspecified atom stereocenters. The van der Waals surface area contributed by atoms with Crippen molar-refractivity contribution in [3.05, 3.63) is 71.3 Å². The van der Waals surface area contributed by atoms with Crippen molar-refractivity contribution in [1.29, 1.82) is 0 Å². The number of aryl methyl sites for hydroxylation is 1. The van der Waals surface area contributed by atoms with E-state index in [-0.39, 0.29) is 24.3 Å². The van der Waals surface area contributed by atoms with E-state index in [1.165, 1.54) is 0 Å². The number of amides is 3. The molecule has 2 aromatic carbocycles. The van der Waals surface area contributed by atoms with Gasteiger partial charge in [0.2, 0.25) is 11.8 Å². The van der Waals surface area contributed by atoms with Crippen LogP contribution in [0.1, 0.15) is 47.7 Å². The first-order valence-electron chi connectivity index (χ1n) is 11.6. The molecule has 2 fully saturated rings. The fourth-order valence-corrected chi connectivity index (χ4v) is 4.63. The van der Waals surface area contributed by atoms with Gasteiger partial charge in [-0.15, -0.1) is 0 Å². The van der Waals surface area contributed by atoms with E-state index in [4.69, 9.17) is 4.74 Å². The maximum Gasteiger partial charge on any atom is 0.256 e. The molecule has 0 radical (unpaired) electrons. The molecule has 174 valence electrons. The van der Waals surface area contributed by atoms with Gasteiger partial charge in [-0.1, -0.05) is 55.0 Å². The van der Waals surface area contributed by atoms with E-state index < -0.39 is 11.8 Å². The molecular formula is C26H31N3O4. The highest BCUT2D eigenvalue weighted by Gasteiger charge is 2.54. The zero-order valence-electron chi connectivity index (χ0n) is 19.3. The van der Waals surface area contributed by atoms with Crippen molar-refractivity contribution in [2.75, 3.05) is 19.7 Å². The van der Waals surface area contributed by atoms with Gasteiger partial charge >= 0.3 is 0 Å². The molecule has 0 bridgehead atoms. The molecular weight excluding hydrogens is 418 g/mol. The lowest BCUT2D eigenvalue weighted by Crippen LogP contribution is -2.59. The van der Waals surface area contributed by atoms with Crippen molar-refractivity contribution in [1.82, 2.24) is 15.1 Å². The SMILES string of the molecule is CCC(=O)N1CCC2(CC1)OCC(C(=O)NCc1ccccc1)N2C(=O)c1ccc(C)cc1. The van der Waals surface area contributed by atoms with E-state index in [2.05, 4.69) is 5.32 Å². The van der Waals surface area contributed by atoms with Crippen LogP contribution < -0.4 is 5.32 Å². The second kappa shape index (κ2) is 9.75. The van der Waals surface area contributed by atoms with E-state index >= 15 is 0 Å². The average molecular weight is 450 g/mol. The minimum Gasteiger partial charge on any atom is -0.353 e. The van der Waals surface area contributed by atoms with Crippen molar-refractivity contribution in [2.45, 2.75) is 51.4 Å². The highest BCUT2D eigenvalue weighted by Crippen LogP contribution is 2.38. The Kier molecular flexibility index (Phi) is 6.79. The first-order chi connectivity index (χ1) is 15.9. The van der Waals surface area contributed by atoms with Gasteiger partial charge in [0.25, 0.3) is 5.91 Å². The Bertz CT molecular complexity index is 998. The normalized spacial score (nSPS) is 19.5. The standard InChI is InChI=1S/C26H31N3O4/c1-3-23(30)28-15-13-26(14-16-28)29(25(32)21-11-9-19(2)10-12-21)22(18-33-26)24(31)27-17-20-7-5-4-6-8-20/h4-12,22H,3,13-18H2,1-2H3,(H,27,31). The summed E-state index contributed by atoms with van der Waals surface area (Å²) in [6, 6.07) is 16.3. The molecule has 2 saturated heterocycles. The summed E-state index contributed by atoms with van der Waals surface area (Å²) in [5.74, 6) is -0.359. The fraction of sp³-hybridized carbons (Fsp3) is 0.423. The molecule has 1 N–H and O–H groups in total. The number of nitrogens with one attached hydrogen (secondary N) is 1. The van der Waals surface area contributed by atoms with Crippen LogP contribution in [0.25, 0.3) is 0 Å². The lowest BCUT2D eigenvalue weighted by molar-refractivity contribution is -0.143. The van der Waals surface area contributed by atoms with Crippen LogP contribution in [0.3, 0.4) is 0 Å². The summed E-state index contributed by atoms with van der Waals surface area (Å²) >= 11 is 0. The van der Waals surface area contributed by atoms with E-state index in [1.807, 2.05) is 61.2 Å². The number of carbonyl (C=O) groups excluding carboxylic acids is 3. The van der Waals surface area contributed by atoms with Crippen molar-refractivity contribution >= 4 is 17.7 Å². The summed E-state index contributed by atoms with van der Waals surface area (Å²) in [7, 11) is 0. The van der Waals surface area contributed by atoms with Gasteiger partial charge in [0, 0.05) is 44.5 Å². The number of piperidine rings is 1. The van der Waals surface area contributed by atoms with Gasteiger partial charge in [0.05, 0.1) is 6.61 Å². The van der Waals surface area contributed by atoms with Crippen molar-refractivity contribution in [3.8, 4) is 0 Å². The van der Waals surface area contributed by atoms with Crippen LogP contribution in [0, 0.1) is 6.92 Å². The minimum atomic E-state index is -0.888. The van der Waals surface area contributed by atoms with Crippen molar-refractivity contribution in [3.63, 3.8) is 0 Å². The van der Waals surface area contributed by atoms with Crippen molar-refractivity contribution in [2.24, 2.45) is 0 Å². The number of hydrogen-bond acceptors (Lipinski definition) is 4. The van der Waals surface area contributed by atoms with E-state index in [9.17, 15) is 14.4 Å². The van der Waals surface area contributed by atoms with Gasteiger partial charge < -0.3 is 15.0 Å². The Labute approximate surface area is 194 Å². The summed E-state index contributed by atoms with van der Waals surface area (Å²) in [4.78, 5) is 42.5. The van der Waals surface area contributed by atoms with Gasteiger partial charge in [-0.25, -0.2) is 0 Å². The van der Waals surface area contributed by atoms with Crippen molar-refractivity contribution < 1.29 is 19.1 Å². The van der Waals surface area contributed by atoms with Crippen LogP contribution in [0.4, 0.5) is 0 Å². The molecule has 7 heteroatoms. The Hall–Kier alpha value is -3.19. The smallest absolute Gasteiger partial charge is 0.256 e. The Morgan fingerprint density at radius 1 is 1.03 bits per heavy atom. The maximum absolute atomic E-state index is 13.7. The summed E-state index contributed by atoms with van der Waals surface area (Å²) in [5.41, 5.74) is 1.68. The summed E-state index contributed by atoms with van der Waals surface area (Å²) in [6.07, 6.45) is 1.42. The van der Waals surface area contributed by atoms with Crippen LogP contribution in [0.5, 0.6) is 0 Å². The number of hydrogen-bond donors (Lipinski definition) is 1. The van der Waals surface area contributed by atoms with Crippen LogP contribution in [-0.2, 0) is 20.9 Å². The first-order valence-corrected chi connectivity index (χ1v) is 11.6. The largest absolute Gasteiger partial charge is 0.353 e. The number of ether oxygens (including phenoxy) is 1. The molecule has 4 rings (SSSR count). The van der Waals surface area contributed by atoms with E-state index in [1.54, 1.807) is 17.0 Å². The quantitative estimate of drug-likeness (QED) is 0.761. The summed E-state index contributed by atoms with van der Waals surface area (Å²) < 4.78 is 6.21. The summed E-state index contributed by atoms with van der Waals surface area (Å²) in [6.45, 7) is 5.34. The first kappa shape index (κ1) is 23.0. The topological polar surface area (TPSA) is 79.0 Å². The predicted octanol–water partition coefficient (Wildman–Crippen LogP) is 2.88. The zero-order valence-corrected chi connectivity index (χ0v) is 19.3. The average Bonchev–Trinajstić information content (AvgIpc) is 3.21. The third kappa shape index (κ3) is 4.78. The second-order valence-corrected chi connectivity index (χ2v) is 8.75. The molecule has 3 amide bonds. The molecule has 2 aromatic rings. The molecule has 7 nitrogen and oxygen atoms in total. The molecule has 33 heavy (non-hydrogen) atoms. The Balaban J connectivity index is 1.57. The Morgan fingerprint density at radius 3 is 2.33 bits per heavy atom. The minimum absolute atomic E-state index is 0.0939. The van der Waals surface area contributed by atoms with Crippen LogP contribution in [0.2, 0.25) is 0 Å². The molecule has 0 saturated carbocycles. The molecule has 2 aliphatic rings. The summed E-state index contributed by atoms with van der Waals surface area (Å²) in [5, 5.41) is 2.97. The number of benzene rings is 2. The third-order valence-corrected chi connectivity index (χ3v) is 6.59. The maximum atomic E-state index is 13.7. The molecule has 2 heterocycles. The lowest BCUT2D eigenvalue weighted by atomic mass is 9.96. The predicted molar refractivity (Wildman–Crippen MR) is 124 cm³/mol. The molecule has 2 aliphatic heterocycles. The highest BCUT2D eigenvalue weighted by atomic mass is 16.5. The zero-order chi connectivity index (χ0) is 23.4. The highest BCUT2D eigenvalue weighted by molar-refractivity contribution is 5.98. The van der Waals surface area contributed by atoms with Crippen LogP contribution in [-0.4, -0.2) is 59.0 Å². The fourth-order valence-electron chi connectivity index (χ4n) is 4.63. The van der Waals surface area contributed by atoms with Gasteiger partial charge in [0.15, 0.2) is 0 Å². The third-order valence-electron chi connectivity index (χ3n) is 6.59. The molecule has 0 aliphatic carbocycles. The van der Waals surface area contributed by atoms with Crippen LogP contribution >= 0.6 is 0 Å².